The van der Waals surface area contributed by atoms with Gasteiger partial charge in [0.05, 0.1) is 0 Å². The molecule has 0 aromatic heterocycles. The SMILES string of the molecule is CC(C)(C)C1Cc2c(Cl)cc(Cl)cc2N1. The van der Waals surface area contributed by atoms with E-state index in [-0.39, 0.29) is 5.41 Å². The summed E-state index contributed by atoms with van der Waals surface area (Å²) in [5.74, 6) is 0. The van der Waals surface area contributed by atoms with Crippen LogP contribution >= 0.6 is 23.2 Å². The van der Waals surface area contributed by atoms with Gasteiger partial charge in [0.2, 0.25) is 0 Å². The molecule has 0 spiro atoms. The molecule has 1 unspecified atom stereocenters. The van der Waals surface area contributed by atoms with E-state index in [4.69, 9.17) is 23.2 Å². The van der Waals surface area contributed by atoms with Crippen molar-refractivity contribution in [1.82, 2.24) is 0 Å². The molecule has 0 saturated heterocycles. The largest absolute Gasteiger partial charge is 0.381 e. The first kappa shape index (κ1) is 11.1. The van der Waals surface area contributed by atoms with Crippen LogP contribution < -0.4 is 5.32 Å². The Bertz CT molecular complexity index is 393. The van der Waals surface area contributed by atoms with E-state index in [0.29, 0.717) is 11.1 Å². The van der Waals surface area contributed by atoms with Gasteiger partial charge in [0.1, 0.15) is 0 Å². The topological polar surface area (TPSA) is 12.0 Å². The third kappa shape index (κ3) is 2.09. The second-order valence-corrected chi connectivity index (χ2v) is 6.02. The molecule has 0 aliphatic carbocycles. The van der Waals surface area contributed by atoms with Crippen LogP contribution in [0.15, 0.2) is 12.1 Å². The van der Waals surface area contributed by atoms with Crippen LogP contribution in [0.25, 0.3) is 0 Å². The normalized spacial score (nSPS) is 19.9. The fourth-order valence-electron chi connectivity index (χ4n) is 1.91. The minimum atomic E-state index is 0.231. The van der Waals surface area contributed by atoms with Gasteiger partial charge in [0.25, 0.3) is 0 Å². The monoisotopic (exact) mass is 243 g/mol. The number of fused-ring (bicyclic) bond motifs is 1. The second-order valence-electron chi connectivity index (χ2n) is 5.18. The summed E-state index contributed by atoms with van der Waals surface area (Å²) in [6, 6.07) is 4.20. The Labute approximate surface area is 101 Å². The lowest BCUT2D eigenvalue weighted by atomic mass is 9.85. The van der Waals surface area contributed by atoms with E-state index >= 15 is 0 Å². The summed E-state index contributed by atoms with van der Waals surface area (Å²) in [4.78, 5) is 0. The summed E-state index contributed by atoms with van der Waals surface area (Å²) in [5, 5.41) is 4.96. The molecule has 0 radical (unpaired) electrons. The van der Waals surface area contributed by atoms with Gasteiger partial charge in [-0.2, -0.15) is 0 Å². The van der Waals surface area contributed by atoms with E-state index in [0.717, 1.165) is 17.1 Å². The van der Waals surface area contributed by atoms with Crippen molar-refractivity contribution in [3.05, 3.63) is 27.7 Å². The summed E-state index contributed by atoms with van der Waals surface area (Å²) in [7, 11) is 0. The molecule has 1 aliphatic rings. The Kier molecular flexibility index (Phi) is 2.64. The molecule has 0 saturated carbocycles. The number of nitrogens with one attached hydrogen (secondary N) is 1. The van der Waals surface area contributed by atoms with Crippen molar-refractivity contribution in [2.45, 2.75) is 33.2 Å². The maximum absolute atomic E-state index is 6.17. The molecule has 1 aromatic rings. The zero-order valence-electron chi connectivity index (χ0n) is 9.20. The molecular formula is C12H15Cl2N. The second kappa shape index (κ2) is 3.57. The van der Waals surface area contributed by atoms with Crippen LogP contribution in [0.3, 0.4) is 0 Å². The average molecular weight is 244 g/mol. The first-order valence-corrected chi connectivity index (χ1v) is 5.88. The number of halogens is 2. The van der Waals surface area contributed by atoms with E-state index in [2.05, 4.69) is 26.1 Å². The van der Waals surface area contributed by atoms with E-state index < -0.39 is 0 Å². The predicted molar refractivity (Wildman–Crippen MR) is 67.0 cm³/mol. The molecule has 1 aliphatic heterocycles. The Balaban J connectivity index is 2.35. The number of hydrogen-bond acceptors (Lipinski definition) is 1. The van der Waals surface area contributed by atoms with Gasteiger partial charge in [-0.15, -0.1) is 0 Å². The number of benzene rings is 1. The lowest BCUT2D eigenvalue weighted by Gasteiger charge is -2.27. The highest BCUT2D eigenvalue weighted by atomic mass is 35.5. The van der Waals surface area contributed by atoms with Gasteiger partial charge < -0.3 is 5.32 Å². The Morgan fingerprint density at radius 1 is 1.27 bits per heavy atom. The smallest absolute Gasteiger partial charge is 0.0474 e. The number of rotatable bonds is 0. The predicted octanol–water partition coefficient (Wildman–Crippen LogP) is 4.38. The Morgan fingerprint density at radius 2 is 1.93 bits per heavy atom. The molecule has 1 nitrogen and oxygen atoms in total. The van der Waals surface area contributed by atoms with Crippen LogP contribution in [-0.4, -0.2) is 6.04 Å². The molecule has 1 aromatic carbocycles. The highest BCUT2D eigenvalue weighted by molar-refractivity contribution is 6.35. The molecule has 0 bridgehead atoms. The van der Waals surface area contributed by atoms with Gasteiger partial charge in [0.15, 0.2) is 0 Å². The number of anilines is 1. The van der Waals surface area contributed by atoms with Gasteiger partial charge in [-0.05, 0) is 29.5 Å². The van der Waals surface area contributed by atoms with Crippen molar-refractivity contribution in [1.29, 1.82) is 0 Å². The standard InChI is InChI=1S/C12H15Cl2N/c1-12(2,3)11-6-8-9(14)4-7(13)5-10(8)15-11/h4-5,11,15H,6H2,1-3H3. The van der Waals surface area contributed by atoms with E-state index in [1.165, 1.54) is 5.56 Å². The molecule has 1 N–H and O–H groups in total. The van der Waals surface area contributed by atoms with Crippen molar-refractivity contribution in [2.75, 3.05) is 5.32 Å². The summed E-state index contributed by atoms with van der Waals surface area (Å²) in [5.41, 5.74) is 2.52. The maximum Gasteiger partial charge on any atom is 0.0474 e. The van der Waals surface area contributed by atoms with E-state index in [1.54, 1.807) is 0 Å². The molecular weight excluding hydrogens is 229 g/mol. The molecule has 82 valence electrons. The summed E-state index contributed by atoms with van der Waals surface area (Å²) >= 11 is 12.1. The quantitative estimate of drug-likeness (QED) is 0.714. The van der Waals surface area contributed by atoms with Crippen molar-refractivity contribution in [3.63, 3.8) is 0 Å². The number of hydrogen-bond donors (Lipinski definition) is 1. The minimum Gasteiger partial charge on any atom is -0.381 e. The van der Waals surface area contributed by atoms with Crippen molar-refractivity contribution < 1.29 is 0 Å². The molecule has 15 heavy (non-hydrogen) atoms. The van der Waals surface area contributed by atoms with Gasteiger partial charge in [-0.25, -0.2) is 0 Å². The minimum absolute atomic E-state index is 0.231. The first-order valence-electron chi connectivity index (χ1n) is 5.12. The van der Waals surface area contributed by atoms with Gasteiger partial charge in [-0.1, -0.05) is 44.0 Å². The molecule has 1 atom stereocenters. The third-order valence-electron chi connectivity index (χ3n) is 2.94. The van der Waals surface area contributed by atoms with Crippen molar-refractivity contribution >= 4 is 28.9 Å². The zero-order valence-corrected chi connectivity index (χ0v) is 10.7. The van der Waals surface area contributed by atoms with Crippen molar-refractivity contribution in [3.8, 4) is 0 Å². The van der Waals surface area contributed by atoms with Crippen LogP contribution in [0.4, 0.5) is 5.69 Å². The summed E-state index contributed by atoms with van der Waals surface area (Å²) < 4.78 is 0. The molecule has 0 fully saturated rings. The average Bonchev–Trinajstić information content (AvgIpc) is 2.46. The molecule has 0 amide bonds. The van der Waals surface area contributed by atoms with E-state index in [9.17, 15) is 0 Å². The lowest BCUT2D eigenvalue weighted by molar-refractivity contribution is 0.347. The maximum atomic E-state index is 6.17. The third-order valence-corrected chi connectivity index (χ3v) is 3.50. The zero-order chi connectivity index (χ0) is 11.2. The molecule has 2 rings (SSSR count). The van der Waals surface area contributed by atoms with Crippen molar-refractivity contribution in [2.24, 2.45) is 5.41 Å². The van der Waals surface area contributed by atoms with Crippen LogP contribution in [0.1, 0.15) is 26.3 Å². The van der Waals surface area contributed by atoms with Crippen LogP contribution in [-0.2, 0) is 6.42 Å². The van der Waals surface area contributed by atoms with Crippen LogP contribution in [0.2, 0.25) is 10.0 Å². The molecule has 3 heteroatoms. The fraction of sp³-hybridized carbons (Fsp3) is 0.500. The first-order chi connectivity index (χ1) is 6.88. The van der Waals surface area contributed by atoms with Gasteiger partial charge in [0, 0.05) is 21.8 Å². The summed E-state index contributed by atoms with van der Waals surface area (Å²) in [6.07, 6.45) is 0.981. The van der Waals surface area contributed by atoms with Gasteiger partial charge in [-0.3, -0.25) is 0 Å². The molecule has 1 heterocycles. The Hall–Kier alpha value is -0.400. The highest BCUT2D eigenvalue weighted by Crippen LogP contribution is 2.39. The lowest BCUT2D eigenvalue weighted by Crippen LogP contribution is -2.31. The van der Waals surface area contributed by atoms with E-state index in [1.807, 2.05) is 12.1 Å². The summed E-state index contributed by atoms with van der Waals surface area (Å²) in [6.45, 7) is 6.68. The van der Waals surface area contributed by atoms with Crippen LogP contribution in [0.5, 0.6) is 0 Å². The Morgan fingerprint density at radius 3 is 2.53 bits per heavy atom. The van der Waals surface area contributed by atoms with Crippen LogP contribution in [0, 0.1) is 5.41 Å². The highest BCUT2D eigenvalue weighted by Gasteiger charge is 2.31. The van der Waals surface area contributed by atoms with Gasteiger partial charge >= 0.3 is 0 Å². The fourth-order valence-corrected chi connectivity index (χ4v) is 2.48.